The minimum atomic E-state index is -0.215. The summed E-state index contributed by atoms with van der Waals surface area (Å²) < 4.78 is 5.34. The summed E-state index contributed by atoms with van der Waals surface area (Å²) in [6, 6.07) is 13.6. The zero-order valence-corrected chi connectivity index (χ0v) is 12.7. The number of esters is 1. The summed E-state index contributed by atoms with van der Waals surface area (Å²) in [7, 11) is 0. The van der Waals surface area contributed by atoms with Crippen LogP contribution in [0.2, 0.25) is 0 Å². The van der Waals surface area contributed by atoms with Crippen LogP contribution in [0.1, 0.15) is 43.0 Å². The molecule has 0 aromatic heterocycles. The molecule has 0 radical (unpaired) electrons. The van der Waals surface area contributed by atoms with Gasteiger partial charge in [-0.1, -0.05) is 62.6 Å². The van der Waals surface area contributed by atoms with Crippen molar-refractivity contribution in [2.24, 2.45) is 0 Å². The predicted molar refractivity (Wildman–Crippen MR) is 78.4 cm³/mol. The van der Waals surface area contributed by atoms with Crippen molar-refractivity contribution in [3.8, 4) is 0 Å². The van der Waals surface area contributed by atoms with Gasteiger partial charge in [-0.3, -0.25) is 0 Å². The maximum Gasteiger partial charge on any atom is 0.338 e. The van der Waals surface area contributed by atoms with Gasteiger partial charge < -0.3 is 4.74 Å². The molecule has 0 spiro atoms. The summed E-state index contributed by atoms with van der Waals surface area (Å²) in [5.74, 6) is -0.215. The number of unbranched alkanes of at least 4 members (excludes halogenated alkanes) is 3. The molecular weight excluding hydrogens is 295 g/mol. The predicted octanol–water partition coefficient (Wildman–Crippen LogP) is 4.57. The van der Waals surface area contributed by atoms with Gasteiger partial charge in [-0.15, -0.1) is 0 Å². The summed E-state index contributed by atoms with van der Waals surface area (Å²) in [6.07, 6.45) is 4.47. The molecule has 2 rings (SSSR count). The average molecular weight is 315 g/mol. The molecule has 2 aromatic rings. The molecule has 3 heteroatoms. The SMILES string of the molecule is CCCCCCOC(=O)c1cccc2ccccc12.[Ni]. The molecule has 0 aliphatic heterocycles. The molecule has 0 atom stereocenters. The minimum absolute atomic E-state index is 0. The average Bonchev–Trinajstić information content (AvgIpc) is 2.46. The van der Waals surface area contributed by atoms with Crippen LogP contribution in [0.3, 0.4) is 0 Å². The smallest absolute Gasteiger partial charge is 0.338 e. The first-order valence-corrected chi connectivity index (χ1v) is 6.98. The van der Waals surface area contributed by atoms with Crippen molar-refractivity contribution in [3.05, 3.63) is 48.0 Å². The van der Waals surface area contributed by atoms with Gasteiger partial charge in [0.25, 0.3) is 0 Å². The van der Waals surface area contributed by atoms with Crippen molar-refractivity contribution < 1.29 is 26.0 Å². The van der Waals surface area contributed by atoms with Crippen LogP contribution in [0.4, 0.5) is 0 Å². The van der Waals surface area contributed by atoms with Crippen molar-refractivity contribution in [2.75, 3.05) is 6.61 Å². The third-order valence-corrected chi connectivity index (χ3v) is 3.24. The van der Waals surface area contributed by atoms with Crippen LogP contribution in [0.15, 0.2) is 42.5 Å². The number of ether oxygens (including phenoxy) is 1. The van der Waals surface area contributed by atoms with E-state index in [-0.39, 0.29) is 22.5 Å². The summed E-state index contributed by atoms with van der Waals surface area (Å²) in [4.78, 5) is 12.1. The number of benzene rings is 2. The monoisotopic (exact) mass is 314 g/mol. The molecule has 2 nitrogen and oxygen atoms in total. The van der Waals surface area contributed by atoms with E-state index in [4.69, 9.17) is 4.74 Å². The van der Waals surface area contributed by atoms with E-state index in [0.717, 1.165) is 23.6 Å². The molecule has 20 heavy (non-hydrogen) atoms. The van der Waals surface area contributed by atoms with E-state index in [1.807, 2.05) is 42.5 Å². The topological polar surface area (TPSA) is 26.3 Å². The van der Waals surface area contributed by atoms with E-state index in [9.17, 15) is 4.79 Å². The van der Waals surface area contributed by atoms with Gasteiger partial charge in [0.1, 0.15) is 0 Å². The normalized spacial score (nSPS) is 10.1. The fraction of sp³-hybridized carbons (Fsp3) is 0.353. The summed E-state index contributed by atoms with van der Waals surface area (Å²) in [6.45, 7) is 2.68. The Bertz CT molecular complexity index is 546. The van der Waals surface area contributed by atoms with Crippen molar-refractivity contribution >= 4 is 16.7 Å². The number of carbonyl (C=O) groups excluding carboxylic acids is 1. The zero-order valence-electron chi connectivity index (χ0n) is 11.7. The number of fused-ring (bicyclic) bond motifs is 1. The molecule has 0 heterocycles. The first kappa shape index (κ1) is 16.7. The number of rotatable bonds is 6. The van der Waals surface area contributed by atoms with Crippen LogP contribution in [0.5, 0.6) is 0 Å². The van der Waals surface area contributed by atoms with Gasteiger partial charge in [0.15, 0.2) is 0 Å². The van der Waals surface area contributed by atoms with Crippen LogP contribution in [0, 0.1) is 0 Å². The molecule has 0 fully saturated rings. The van der Waals surface area contributed by atoms with Crippen LogP contribution >= 0.6 is 0 Å². The molecule has 0 N–H and O–H groups in total. The molecule has 0 saturated heterocycles. The van der Waals surface area contributed by atoms with Gasteiger partial charge in [0.05, 0.1) is 12.2 Å². The van der Waals surface area contributed by atoms with E-state index in [1.165, 1.54) is 12.8 Å². The maximum atomic E-state index is 12.1. The van der Waals surface area contributed by atoms with E-state index >= 15 is 0 Å². The van der Waals surface area contributed by atoms with E-state index in [1.54, 1.807) is 0 Å². The van der Waals surface area contributed by atoms with Crippen LogP contribution in [0.25, 0.3) is 10.8 Å². The molecule has 0 aliphatic rings. The van der Waals surface area contributed by atoms with E-state index in [2.05, 4.69) is 6.92 Å². The van der Waals surface area contributed by atoms with Gasteiger partial charge in [0.2, 0.25) is 0 Å². The van der Waals surface area contributed by atoms with Crippen molar-refractivity contribution in [1.29, 1.82) is 0 Å². The molecular formula is C17H20NiO2. The fourth-order valence-corrected chi connectivity index (χ4v) is 2.17. The third kappa shape index (κ3) is 4.35. The molecule has 0 aliphatic carbocycles. The standard InChI is InChI=1S/C17H20O2.Ni/c1-2-3-4-7-13-19-17(18)16-12-8-10-14-9-5-6-11-15(14)16;/h5-6,8-12H,2-4,7,13H2,1H3;. The number of hydrogen-bond acceptors (Lipinski definition) is 2. The van der Waals surface area contributed by atoms with Gasteiger partial charge in [-0.2, -0.15) is 0 Å². The van der Waals surface area contributed by atoms with Gasteiger partial charge in [0, 0.05) is 16.5 Å². The Hall–Kier alpha value is -1.34. The Labute approximate surface area is 130 Å². The molecule has 2 aromatic carbocycles. The molecule has 110 valence electrons. The molecule has 0 saturated carbocycles. The number of hydrogen-bond donors (Lipinski definition) is 0. The maximum absolute atomic E-state index is 12.1. The molecule has 0 amide bonds. The molecule has 0 unspecified atom stereocenters. The Morgan fingerprint density at radius 2 is 1.75 bits per heavy atom. The second kappa shape index (κ2) is 8.76. The summed E-state index contributed by atoms with van der Waals surface area (Å²) in [5, 5.41) is 2.03. The second-order valence-corrected chi connectivity index (χ2v) is 4.72. The van der Waals surface area contributed by atoms with Gasteiger partial charge >= 0.3 is 5.97 Å². The van der Waals surface area contributed by atoms with E-state index < -0.39 is 0 Å². The summed E-state index contributed by atoms with van der Waals surface area (Å²) in [5.41, 5.74) is 0.661. The number of carbonyl (C=O) groups is 1. The Morgan fingerprint density at radius 3 is 2.55 bits per heavy atom. The quantitative estimate of drug-likeness (QED) is 0.443. The van der Waals surface area contributed by atoms with Gasteiger partial charge in [-0.25, -0.2) is 4.79 Å². The molecule has 0 bridgehead atoms. The van der Waals surface area contributed by atoms with Crippen LogP contribution in [-0.4, -0.2) is 12.6 Å². The Balaban J connectivity index is 0.00000200. The van der Waals surface area contributed by atoms with Gasteiger partial charge in [-0.05, 0) is 23.3 Å². The second-order valence-electron chi connectivity index (χ2n) is 4.72. The van der Waals surface area contributed by atoms with Crippen molar-refractivity contribution in [3.63, 3.8) is 0 Å². The van der Waals surface area contributed by atoms with Crippen LogP contribution in [-0.2, 0) is 21.2 Å². The first-order valence-electron chi connectivity index (χ1n) is 6.98. The fourth-order valence-electron chi connectivity index (χ4n) is 2.17. The van der Waals surface area contributed by atoms with E-state index in [0.29, 0.717) is 12.2 Å². The van der Waals surface area contributed by atoms with Crippen molar-refractivity contribution in [1.82, 2.24) is 0 Å². The van der Waals surface area contributed by atoms with Crippen LogP contribution < -0.4 is 0 Å². The summed E-state index contributed by atoms with van der Waals surface area (Å²) >= 11 is 0. The largest absolute Gasteiger partial charge is 0.462 e. The third-order valence-electron chi connectivity index (χ3n) is 3.24. The first-order chi connectivity index (χ1) is 9.33. The van der Waals surface area contributed by atoms with Crippen molar-refractivity contribution in [2.45, 2.75) is 32.6 Å². The Morgan fingerprint density at radius 1 is 1.00 bits per heavy atom. The zero-order chi connectivity index (χ0) is 13.5. The Kier molecular flexibility index (Phi) is 7.32. The minimum Gasteiger partial charge on any atom is -0.462 e.